The number of rotatable bonds is 4. The van der Waals surface area contributed by atoms with Gasteiger partial charge in [0.2, 0.25) is 0 Å². The molecule has 0 aliphatic heterocycles. The molecule has 0 heterocycles. The summed E-state index contributed by atoms with van der Waals surface area (Å²) in [7, 11) is 0. The second-order valence-electron chi connectivity index (χ2n) is 5.60. The van der Waals surface area contributed by atoms with Crippen LogP contribution < -0.4 is 0 Å². The van der Waals surface area contributed by atoms with Crippen LogP contribution in [0.25, 0.3) is 0 Å². The Labute approximate surface area is 109 Å². The molecule has 1 fully saturated rings. The van der Waals surface area contributed by atoms with Gasteiger partial charge in [0, 0.05) is 0 Å². The lowest BCUT2D eigenvalue weighted by Gasteiger charge is -2.28. The third-order valence-electron chi connectivity index (χ3n) is 3.97. The monoisotopic (exact) mass is 246 g/mol. The molecule has 0 amide bonds. The van der Waals surface area contributed by atoms with E-state index in [1.54, 1.807) is 0 Å². The molecule has 0 spiro atoms. The summed E-state index contributed by atoms with van der Waals surface area (Å²) in [5.74, 6) is 0.554. The highest BCUT2D eigenvalue weighted by molar-refractivity contribution is 5.82. The van der Waals surface area contributed by atoms with Crippen LogP contribution >= 0.6 is 0 Å². The van der Waals surface area contributed by atoms with Gasteiger partial charge in [-0.05, 0) is 50.7 Å². The fourth-order valence-corrected chi connectivity index (χ4v) is 2.35. The van der Waals surface area contributed by atoms with Gasteiger partial charge in [0.1, 0.15) is 0 Å². The standard InChI is InChI=1S/C16H22O2/c1-4-18-15(17)16(2,3)14-10-6-9-13(11-14)12-7-5-8-12/h6,9-12H,4-5,7-8H2,1-3H3. The van der Waals surface area contributed by atoms with E-state index in [0.29, 0.717) is 12.5 Å². The second kappa shape index (κ2) is 5.13. The maximum Gasteiger partial charge on any atom is 0.315 e. The highest BCUT2D eigenvalue weighted by Crippen LogP contribution is 2.37. The first kappa shape index (κ1) is 13.1. The fourth-order valence-electron chi connectivity index (χ4n) is 2.35. The Morgan fingerprint density at radius 2 is 2.11 bits per heavy atom. The van der Waals surface area contributed by atoms with Crippen molar-refractivity contribution in [1.82, 2.24) is 0 Å². The van der Waals surface area contributed by atoms with Gasteiger partial charge in [0.25, 0.3) is 0 Å². The molecule has 1 aliphatic carbocycles. The van der Waals surface area contributed by atoms with Gasteiger partial charge in [-0.15, -0.1) is 0 Å². The topological polar surface area (TPSA) is 26.3 Å². The Balaban J connectivity index is 2.23. The summed E-state index contributed by atoms with van der Waals surface area (Å²) in [6.45, 7) is 6.15. The molecule has 0 N–H and O–H groups in total. The van der Waals surface area contributed by atoms with Gasteiger partial charge in [-0.3, -0.25) is 4.79 Å². The Bertz CT molecular complexity index is 430. The van der Waals surface area contributed by atoms with Crippen molar-refractivity contribution in [1.29, 1.82) is 0 Å². The summed E-state index contributed by atoms with van der Waals surface area (Å²) in [5.41, 5.74) is 1.87. The van der Waals surface area contributed by atoms with Crippen LogP contribution in [0.4, 0.5) is 0 Å². The maximum absolute atomic E-state index is 12.0. The number of carbonyl (C=O) groups excluding carboxylic acids is 1. The summed E-state index contributed by atoms with van der Waals surface area (Å²) < 4.78 is 5.16. The zero-order valence-electron chi connectivity index (χ0n) is 11.5. The SMILES string of the molecule is CCOC(=O)C(C)(C)c1cccc(C2CCC2)c1. The number of carbonyl (C=O) groups is 1. The molecule has 0 unspecified atom stereocenters. The Kier molecular flexibility index (Phi) is 3.74. The number of hydrogen-bond donors (Lipinski definition) is 0. The van der Waals surface area contributed by atoms with Crippen molar-refractivity contribution in [2.24, 2.45) is 0 Å². The van der Waals surface area contributed by atoms with E-state index in [9.17, 15) is 4.79 Å². The number of ether oxygens (including phenoxy) is 1. The average molecular weight is 246 g/mol. The molecule has 0 radical (unpaired) electrons. The summed E-state index contributed by atoms with van der Waals surface area (Å²) in [6, 6.07) is 8.44. The summed E-state index contributed by atoms with van der Waals surface area (Å²) in [6.07, 6.45) is 3.89. The minimum atomic E-state index is -0.560. The first-order chi connectivity index (χ1) is 8.55. The van der Waals surface area contributed by atoms with E-state index >= 15 is 0 Å². The summed E-state index contributed by atoms with van der Waals surface area (Å²) in [5, 5.41) is 0. The lowest BCUT2D eigenvalue weighted by atomic mass is 9.77. The van der Waals surface area contributed by atoms with Crippen LogP contribution in [0.2, 0.25) is 0 Å². The molecular formula is C16H22O2. The molecule has 2 heteroatoms. The van der Waals surface area contributed by atoms with Crippen molar-refractivity contribution in [3.8, 4) is 0 Å². The van der Waals surface area contributed by atoms with Crippen molar-refractivity contribution >= 4 is 5.97 Å². The first-order valence-corrected chi connectivity index (χ1v) is 6.83. The van der Waals surface area contributed by atoms with Gasteiger partial charge in [-0.25, -0.2) is 0 Å². The average Bonchev–Trinajstić information content (AvgIpc) is 2.27. The third-order valence-corrected chi connectivity index (χ3v) is 3.97. The van der Waals surface area contributed by atoms with E-state index in [2.05, 4.69) is 18.2 Å². The van der Waals surface area contributed by atoms with Crippen molar-refractivity contribution in [2.75, 3.05) is 6.61 Å². The van der Waals surface area contributed by atoms with Crippen molar-refractivity contribution in [3.63, 3.8) is 0 Å². The molecule has 0 saturated heterocycles. The van der Waals surface area contributed by atoms with E-state index in [1.165, 1.54) is 24.8 Å². The number of hydrogen-bond acceptors (Lipinski definition) is 2. The first-order valence-electron chi connectivity index (χ1n) is 6.83. The lowest BCUT2D eigenvalue weighted by molar-refractivity contribution is -0.148. The van der Waals surface area contributed by atoms with E-state index in [1.807, 2.05) is 26.8 Å². The largest absolute Gasteiger partial charge is 0.465 e. The quantitative estimate of drug-likeness (QED) is 0.755. The van der Waals surface area contributed by atoms with E-state index in [4.69, 9.17) is 4.74 Å². The molecule has 2 nitrogen and oxygen atoms in total. The van der Waals surface area contributed by atoms with E-state index in [0.717, 1.165) is 5.56 Å². The smallest absolute Gasteiger partial charge is 0.315 e. The zero-order valence-corrected chi connectivity index (χ0v) is 11.5. The van der Waals surface area contributed by atoms with Crippen molar-refractivity contribution in [2.45, 2.75) is 51.4 Å². The summed E-state index contributed by atoms with van der Waals surface area (Å²) in [4.78, 5) is 12.0. The molecule has 2 rings (SSSR count). The molecular weight excluding hydrogens is 224 g/mol. The van der Waals surface area contributed by atoms with Crippen LogP contribution in [0.5, 0.6) is 0 Å². The highest BCUT2D eigenvalue weighted by atomic mass is 16.5. The van der Waals surface area contributed by atoms with Crippen LogP contribution in [0, 0.1) is 0 Å². The van der Waals surface area contributed by atoms with Gasteiger partial charge in [-0.1, -0.05) is 30.7 Å². The highest BCUT2D eigenvalue weighted by Gasteiger charge is 2.32. The molecule has 1 aliphatic rings. The van der Waals surface area contributed by atoms with Gasteiger partial charge >= 0.3 is 5.97 Å². The minimum Gasteiger partial charge on any atom is -0.465 e. The predicted octanol–water partition coefficient (Wildman–Crippen LogP) is 3.79. The van der Waals surface area contributed by atoms with E-state index < -0.39 is 5.41 Å². The molecule has 18 heavy (non-hydrogen) atoms. The molecule has 1 aromatic rings. The fraction of sp³-hybridized carbons (Fsp3) is 0.562. The predicted molar refractivity (Wildman–Crippen MR) is 72.7 cm³/mol. The third kappa shape index (κ3) is 2.43. The Hall–Kier alpha value is -1.31. The molecule has 1 saturated carbocycles. The number of esters is 1. The molecule has 98 valence electrons. The normalized spacial score (nSPS) is 16.2. The van der Waals surface area contributed by atoms with Gasteiger partial charge in [-0.2, -0.15) is 0 Å². The Morgan fingerprint density at radius 1 is 1.39 bits per heavy atom. The van der Waals surface area contributed by atoms with Gasteiger partial charge in [0.15, 0.2) is 0 Å². The molecule has 0 atom stereocenters. The molecule has 0 bridgehead atoms. The second-order valence-corrected chi connectivity index (χ2v) is 5.60. The van der Waals surface area contributed by atoms with Crippen LogP contribution in [0.1, 0.15) is 57.1 Å². The van der Waals surface area contributed by atoms with Gasteiger partial charge in [0.05, 0.1) is 12.0 Å². The van der Waals surface area contributed by atoms with Crippen LogP contribution in [0.3, 0.4) is 0 Å². The lowest BCUT2D eigenvalue weighted by Crippen LogP contribution is -2.31. The van der Waals surface area contributed by atoms with Crippen LogP contribution in [-0.2, 0) is 14.9 Å². The van der Waals surface area contributed by atoms with Crippen molar-refractivity contribution < 1.29 is 9.53 Å². The van der Waals surface area contributed by atoms with Crippen LogP contribution in [0.15, 0.2) is 24.3 Å². The molecule has 1 aromatic carbocycles. The maximum atomic E-state index is 12.0. The minimum absolute atomic E-state index is 0.143. The summed E-state index contributed by atoms with van der Waals surface area (Å²) >= 11 is 0. The zero-order chi connectivity index (χ0) is 13.2. The van der Waals surface area contributed by atoms with Crippen molar-refractivity contribution in [3.05, 3.63) is 35.4 Å². The van der Waals surface area contributed by atoms with Gasteiger partial charge < -0.3 is 4.74 Å². The van der Waals surface area contributed by atoms with E-state index in [-0.39, 0.29) is 5.97 Å². The number of benzene rings is 1. The molecule has 0 aromatic heterocycles. The van der Waals surface area contributed by atoms with Crippen LogP contribution in [-0.4, -0.2) is 12.6 Å². The Morgan fingerprint density at radius 3 is 2.67 bits per heavy atom.